The van der Waals surface area contributed by atoms with Gasteiger partial charge in [0, 0.05) is 58.1 Å². The van der Waals surface area contributed by atoms with Crippen LogP contribution in [-0.4, -0.2) is 58.1 Å². The fourth-order valence-corrected chi connectivity index (χ4v) is 3.81. The van der Waals surface area contributed by atoms with E-state index >= 15 is 0 Å². The highest BCUT2D eigenvalue weighted by Crippen LogP contribution is 2.28. The fourth-order valence-electron chi connectivity index (χ4n) is 3.81. The molecule has 1 saturated heterocycles. The molecule has 6 nitrogen and oxygen atoms in total. The number of halogens is 1. The van der Waals surface area contributed by atoms with E-state index in [1.807, 2.05) is 7.05 Å². The number of guanidine groups is 1. The molecule has 0 radical (unpaired) electrons. The molecule has 1 heterocycles. The van der Waals surface area contributed by atoms with Crippen LogP contribution in [-0.2, 0) is 9.47 Å². The van der Waals surface area contributed by atoms with E-state index in [4.69, 9.17) is 9.47 Å². The second-order valence-corrected chi connectivity index (χ2v) is 8.39. The number of hydrogen-bond acceptors (Lipinski definition) is 4. The van der Waals surface area contributed by atoms with Crippen LogP contribution in [0.3, 0.4) is 0 Å². The van der Waals surface area contributed by atoms with Crippen molar-refractivity contribution in [3.8, 4) is 0 Å². The summed E-state index contributed by atoms with van der Waals surface area (Å²) in [5.41, 5.74) is 1.31. The summed E-state index contributed by atoms with van der Waals surface area (Å²) in [6.07, 6.45) is 5.67. The molecule has 1 saturated carbocycles. The molecular formula is C23H39IN4O2. The third kappa shape index (κ3) is 8.69. The average molecular weight is 530 g/mol. The highest BCUT2D eigenvalue weighted by molar-refractivity contribution is 14.0. The van der Waals surface area contributed by atoms with Gasteiger partial charge in [-0.15, -0.1) is 24.0 Å². The predicted molar refractivity (Wildman–Crippen MR) is 134 cm³/mol. The summed E-state index contributed by atoms with van der Waals surface area (Å²) in [5, 5.41) is 10.8. The van der Waals surface area contributed by atoms with E-state index in [0.29, 0.717) is 0 Å². The van der Waals surface area contributed by atoms with Crippen molar-refractivity contribution in [1.29, 1.82) is 0 Å². The molecule has 7 heteroatoms. The van der Waals surface area contributed by atoms with Crippen molar-refractivity contribution >= 4 is 29.9 Å². The van der Waals surface area contributed by atoms with Gasteiger partial charge in [0.25, 0.3) is 0 Å². The molecule has 0 bridgehead atoms. The summed E-state index contributed by atoms with van der Waals surface area (Å²) >= 11 is 0. The van der Waals surface area contributed by atoms with Crippen molar-refractivity contribution < 1.29 is 9.47 Å². The van der Waals surface area contributed by atoms with Gasteiger partial charge in [0.2, 0.25) is 0 Å². The first kappa shape index (κ1) is 25.4. The van der Waals surface area contributed by atoms with Crippen molar-refractivity contribution in [2.45, 2.75) is 50.6 Å². The molecule has 2 aliphatic rings. The molecule has 0 aromatic heterocycles. The van der Waals surface area contributed by atoms with Crippen LogP contribution in [0.15, 0.2) is 35.3 Å². The van der Waals surface area contributed by atoms with Crippen molar-refractivity contribution in [2.75, 3.05) is 46.6 Å². The minimum atomic E-state index is -0.00148. The zero-order chi connectivity index (χ0) is 20.4. The molecule has 1 aromatic carbocycles. The molecule has 1 aromatic rings. The summed E-state index contributed by atoms with van der Waals surface area (Å²) in [4.78, 5) is 4.39. The second-order valence-electron chi connectivity index (χ2n) is 8.39. The normalized spacial score (nSPS) is 19.6. The minimum Gasteiger partial charge on any atom is -0.381 e. The van der Waals surface area contributed by atoms with Crippen LogP contribution >= 0.6 is 24.0 Å². The van der Waals surface area contributed by atoms with Crippen LogP contribution in [0.2, 0.25) is 0 Å². The fraction of sp³-hybridized carbons (Fsp3) is 0.696. The molecule has 30 heavy (non-hydrogen) atoms. The van der Waals surface area contributed by atoms with Gasteiger partial charge in [0.05, 0.1) is 0 Å². The molecule has 0 spiro atoms. The van der Waals surface area contributed by atoms with Gasteiger partial charge in [-0.1, -0.05) is 30.3 Å². The molecular weight excluding hydrogens is 491 g/mol. The topological polar surface area (TPSA) is 66.9 Å². The third-order valence-electron chi connectivity index (χ3n) is 5.90. The number of benzene rings is 1. The van der Waals surface area contributed by atoms with Gasteiger partial charge in [-0.05, 0) is 50.5 Å². The Morgan fingerprint density at radius 2 is 1.93 bits per heavy atom. The van der Waals surface area contributed by atoms with Gasteiger partial charge in [-0.25, -0.2) is 0 Å². The lowest BCUT2D eigenvalue weighted by Crippen LogP contribution is -2.58. The quantitative estimate of drug-likeness (QED) is 0.177. The molecule has 0 amide bonds. The lowest BCUT2D eigenvalue weighted by Gasteiger charge is -2.41. The van der Waals surface area contributed by atoms with E-state index < -0.39 is 0 Å². The van der Waals surface area contributed by atoms with Gasteiger partial charge < -0.3 is 25.4 Å². The zero-order valence-corrected chi connectivity index (χ0v) is 20.8. The summed E-state index contributed by atoms with van der Waals surface area (Å²) < 4.78 is 11.3. The summed E-state index contributed by atoms with van der Waals surface area (Å²) in [5.74, 6) is 1.69. The summed E-state index contributed by atoms with van der Waals surface area (Å²) in [6.45, 7) is 7.27. The average Bonchev–Trinajstić information content (AvgIpc) is 3.58. The number of aliphatic imine (C=N–C) groups is 1. The van der Waals surface area contributed by atoms with E-state index in [0.717, 1.165) is 70.7 Å². The minimum absolute atomic E-state index is 0. The highest BCUT2D eigenvalue weighted by Gasteiger charge is 2.34. The Morgan fingerprint density at radius 3 is 2.60 bits per heavy atom. The lowest BCUT2D eigenvalue weighted by molar-refractivity contribution is 0.0355. The lowest BCUT2D eigenvalue weighted by atomic mass is 9.88. The van der Waals surface area contributed by atoms with E-state index in [2.05, 4.69) is 58.2 Å². The van der Waals surface area contributed by atoms with Crippen LogP contribution in [0, 0.1) is 5.92 Å². The van der Waals surface area contributed by atoms with Crippen molar-refractivity contribution in [2.24, 2.45) is 10.9 Å². The van der Waals surface area contributed by atoms with Gasteiger partial charge in [-0.2, -0.15) is 0 Å². The Kier molecular flexibility index (Phi) is 11.4. The second kappa shape index (κ2) is 13.5. The standard InChI is InChI=1S/C23H38N4O2.HI/c1-19(21-7-4-3-5-8-21)27-23(11-15-28-16-12-23)18-26-22(24-2)25-13-6-14-29-17-20-9-10-20;/h3-5,7-8,19-20,27H,6,9-18H2,1-2H3,(H2,24,25,26);1H. The van der Waals surface area contributed by atoms with Crippen LogP contribution in [0.5, 0.6) is 0 Å². The molecule has 1 atom stereocenters. The molecule has 3 N–H and O–H groups in total. The molecule has 1 aliphatic carbocycles. The van der Waals surface area contributed by atoms with Crippen molar-refractivity contribution in [3.63, 3.8) is 0 Å². The monoisotopic (exact) mass is 530 g/mol. The van der Waals surface area contributed by atoms with Crippen LogP contribution < -0.4 is 16.0 Å². The van der Waals surface area contributed by atoms with Crippen molar-refractivity contribution in [1.82, 2.24) is 16.0 Å². The number of rotatable bonds is 11. The van der Waals surface area contributed by atoms with Crippen LogP contribution in [0.1, 0.15) is 50.6 Å². The van der Waals surface area contributed by atoms with E-state index in [1.54, 1.807) is 0 Å². The number of hydrogen-bond donors (Lipinski definition) is 3. The highest BCUT2D eigenvalue weighted by atomic mass is 127. The molecule has 2 fully saturated rings. The van der Waals surface area contributed by atoms with Gasteiger partial charge in [0.15, 0.2) is 5.96 Å². The molecule has 1 aliphatic heterocycles. The predicted octanol–water partition coefficient (Wildman–Crippen LogP) is 3.49. The van der Waals surface area contributed by atoms with E-state index in [9.17, 15) is 0 Å². The Labute approximate surface area is 199 Å². The first-order chi connectivity index (χ1) is 14.2. The third-order valence-corrected chi connectivity index (χ3v) is 5.90. The smallest absolute Gasteiger partial charge is 0.191 e. The Balaban J connectivity index is 0.00000320. The maximum atomic E-state index is 5.71. The zero-order valence-electron chi connectivity index (χ0n) is 18.5. The SMILES string of the molecule is CN=C(NCCCOCC1CC1)NCC1(NC(C)c2ccccc2)CCOCC1.I. The van der Waals surface area contributed by atoms with E-state index in [-0.39, 0.29) is 35.6 Å². The maximum Gasteiger partial charge on any atom is 0.191 e. The van der Waals surface area contributed by atoms with Gasteiger partial charge in [0.1, 0.15) is 0 Å². The Morgan fingerprint density at radius 1 is 1.20 bits per heavy atom. The first-order valence-electron chi connectivity index (χ1n) is 11.1. The first-order valence-corrected chi connectivity index (χ1v) is 11.1. The van der Waals surface area contributed by atoms with Gasteiger partial charge >= 0.3 is 0 Å². The van der Waals surface area contributed by atoms with Crippen molar-refractivity contribution in [3.05, 3.63) is 35.9 Å². The van der Waals surface area contributed by atoms with Crippen LogP contribution in [0.25, 0.3) is 0 Å². The van der Waals surface area contributed by atoms with E-state index in [1.165, 1.54) is 18.4 Å². The molecule has 3 rings (SSSR count). The number of nitrogens with zero attached hydrogens (tertiary/aromatic N) is 1. The number of nitrogens with one attached hydrogen (secondary N) is 3. The Hall–Kier alpha value is -0.900. The Bertz CT molecular complexity index is 619. The molecule has 1 unspecified atom stereocenters. The molecule has 170 valence electrons. The summed E-state index contributed by atoms with van der Waals surface area (Å²) in [6, 6.07) is 10.9. The van der Waals surface area contributed by atoms with Gasteiger partial charge in [-0.3, -0.25) is 4.99 Å². The number of ether oxygens (including phenoxy) is 2. The largest absolute Gasteiger partial charge is 0.381 e. The maximum absolute atomic E-state index is 5.71. The summed E-state index contributed by atoms with van der Waals surface area (Å²) in [7, 11) is 1.83. The van der Waals surface area contributed by atoms with Crippen LogP contribution in [0.4, 0.5) is 0 Å².